The average Bonchev–Trinajstić information content (AvgIpc) is 2.42. The molecule has 0 saturated heterocycles. The summed E-state index contributed by atoms with van der Waals surface area (Å²) < 4.78 is 0. The number of amides is 1. The molecule has 0 aliphatic carbocycles. The Hall–Kier alpha value is -1.10. The third kappa shape index (κ3) is 4.20. The largest absolute Gasteiger partial charge is 0.293 e. The second-order valence-corrected chi connectivity index (χ2v) is 5.15. The van der Waals surface area contributed by atoms with Gasteiger partial charge in [0.25, 0.3) is 5.91 Å². The number of hydrogen-bond acceptors (Lipinski definition) is 3. The van der Waals surface area contributed by atoms with Crippen molar-refractivity contribution in [2.45, 2.75) is 38.8 Å². The number of hydrazine groups is 1. The highest BCUT2D eigenvalue weighted by atomic mass is 35.5. The second-order valence-electron chi connectivity index (χ2n) is 4.71. The smallest absolute Gasteiger partial charge is 0.251 e. The van der Waals surface area contributed by atoms with Crippen LogP contribution in [-0.4, -0.2) is 23.9 Å². The molecule has 0 aliphatic heterocycles. The van der Waals surface area contributed by atoms with Crippen LogP contribution in [0.25, 0.3) is 0 Å². The molecule has 0 aliphatic rings. The van der Waals surface area contributed by atoms with Gasteiger partial charge in [0.05, 0.1) is 6.04 Å². The Bertz CT molecular complexity index is 425. The number of nitrogens with one attached hydrogen (secondary N) is 1. The van der Waals surface area contributed by atoms with Gasteiger partial charge in [-0.15, -0.1) is 0 Å². The van der Waals surface area contributed by atoms with Crippen LogP contribution in [0.3, 0.4) is 0 Å². The molecule has 2 atom stereocenters. The molecule has 106 valence electrons. The standard InChI is InChI=1S/C14H22ClN3O/c1-4-6-13(14(19)17-16)18(3)10(2)11-7-5-8-12(15)9-11/h5,7-10,13H,4,6,16H2,1-3H3,(H,17,19). The van der Waals surface area contributed by atoms with Crippen LogP contribution in [0.5, 0.6) is 0 Å². The van der Waals surface area contributed by atoms with Crippen molar-refractivity contribution >= 4 is 17.5 Å². The summed E-state index contributed by atoms with van der Waals surface area (Å²) in [5.74, 6) is 5.10. The molecule has 0 heterocycles. The summed E-state index contributed by atoms with van der Waals surface area (Å²) in [6.07, 6.45) is 1.69. The number of carbonyl (C=O) groups is 1. The number of carbonyl (C=O) groups excluding carboxylic acids is 1. The van der Waals surface area contributed by atoms with Gasteiger partial charge in [0.2, 0.25) is 0 Å². The van der Waals surface area contributed by atoms with Gasteiger partial charge in [0.15, 0.2) is 0 Å². The normalized spacial score (nSPS) is 14.2. The molecule has 1 aromatic rings. The van der Waals surface area contributed by atoms with E-state index in [1.807, 2.05) is 36.2 Å². The van der Waals surface area contributed by atoms with E-state index in [0.29, 0.717) is 5.02 Å². The van der Waals surface area contributed by atoms with Gasteiger partial charge in [0.1, 0.15) is 0 Å². The van der Waals surface area contributed by atoms with Crippen LogP contribution < -0.4 is 11.3 Å². The molecule has 0 aromatic heterocycles. The van der Waals surface area contributed by atoms with Crippen molar-refractivity contribution in [2.24, 2.45) is 5.84 Å². The van der Waals surface area contributed by atoms with E-state index in [0.717, 1.165) is 18.4 Å². The fourth-order valence-corrected chi connectivity index (χ4v) is 2.36. The molecular formula is C14H22ClN3O. The lowest BCUT2D eigenvalue weighted by Crippen LogP contribution is -2.48. The number of rotatable bonds is 6. The summed E-state index contributed by atoms with van der Waals surface area (Å²) in [5.41, 5.74) is 3.33. The highest BCUT2D eigenvalue weighted by molar-refractivity contribution is 6.30. The lowest BCUT2D eigenvalue weighted by molar-refractivity contribution is -0.127. The molecule has 0 bridgehead atoms. The van der Waals surface area contributed by atoms with Crippen LogP contribution >= 0.6 is 11.6 Å². The summed E-state index contributed by atoms with van der Waals surface area (Å²) in [7, 11) is 1.93. The molecule has 0 spiro atoms. The summed E-state index contributed by atoms with van der Waals surface area (Å²) in [5, 5.41) is 0.702. The fraction of sp³-hybridized carbons (Fsp3) is 0.500. The maximum atomic E-state index is 11.8. The monoisotopic (exact) mass is 283 g/mol. The highest BCUT2D eigenvalue weighted by Crippen LogP contribution is 2.24. The van der Waals surface area contributed by atoms with Crippen molar-refractivity contribution in [2.75, 3.05) is 7.05 Å². The van der Waals surface area contributed by atoms with Crippen molar-refractivity contribution in [1.29, 1.82) is 0 Å². The number of likely N-dealkylation sites (N-methyl/N-ethyl adjacent to an activating group) is 1. The average molecular weight is 284 g/mol. The molecule has 0 radical (unpaired) electrons. The van der Waals surface area contributed by atoms with Crippen LogP contribution in [0.1, 0.15) is 38.3 Å². The Morgan fingerprint density at radius 1 is 1.53 bits per heavy atom. The van der Waals surface area contributed by atoms with Crippen LogP contribution in [0.4, 0.5) is 0 Å². The highest BCUT2D eigenvalue weighted by Gasteiger charge is 2.26. The van der Waals surface area contributed by atoms with Gasteiger partial charge in [-0.3, -0.25) is 15.1 Å². The van der Waals surface area contributed by atoms with Crippen LogP contribution in [0.2, 0.25) is 5.02 Å². The molecule has 1 amide bonds. The van der Waals surface area contributed by atoms with Crippen molar-refractivity contribution in [1.82, 2.24) is 10.3 Å². The predicted molar refractivity (Wildman–Crippen MR) is 78.7 cm³/mol. The third-order valence-electron chi connectivity index (χ3n) is 3.44. The molecule has 2 unspecified atom stereocenters. The molecule has 19 heavy (non-hydrogen) atoms. The zero-order valence-corrected chi connectivity index (χ0v) is 12.4. The molecule has 0 saturated carbocycles. The van der Waals surface area contributed by atoms with Gasteiger partial charge >= 0.3 is 0 Å². The van der Waals surface area contributed by atoms with Crippen molar-refractivity contribution in [3.8, 4) is 0 Å². The zero-order chi connectivity index (χ0) is 14.4. The van der Waals surface area contributed by atoms with Gasteiger partial charge in [-0.05, 0) is 38.1 Å². The molecule has 3 N–H and O–H groups in total. The Kier molecular flexibility index (Phi) is 6.28. The quantitative estimate of drug-likeness (QED) is 0.479. The Labute approximate surface area is 119 Å². The number of nitrogens with zero attached hydrogens (tertiary/aromatic N) is 1. The molecule has 1 rings (SSSR count). The van der Waals surface area contributed by atoms with Crippen molar-refractivity contribution in [3.63, 3.8) is 0 Å². The van der Waals surface area contributed by atoms with E-state index in [4.69, 9.17) is 17.4 Å². The summed E-state index contributed by atoms with van der Waals surface area (Å²) in [6.45, 7) is 4.10. The maximum absolute atomic E-state index is 11.8. The molecule has 4 nitrogen and oxygen atoms in total. The fourth-order valence-electron chi connectivity index (χ4n) is 2.16. The van der Waals surface area contributed by atoms with E-state index in [1.165, 1.54) is 0 Å². The van der Waals surface area contributed by atoms with Gasteiger partial charge in [-0.25, -0.2) is 5.84 Å². The van der Waals surface area contributed by atoms with Crippen LogP contribution in [0.15, 0.2) is 24.3 Å². The van der Waals surface area contributed by atoms with Crippen molar-refractivity contribution < 1.29 is 4.79 Å². The molecule has 0 fully saturated rings. The predicted octanol–water partition coefficient (Wildman–Crippen LogP) is 2.49. The molecular weight excluding hydrogens is 262 g/mol. The van der Waals surface area contributed by atoms with Crippen LogP contribution in [-0.2, 0) is 4.79 Å². The first-order valence-electron chi connectivity index (χ1n) is 6.49. The Balaban J connectivity index is 2.89. The first-order valence-corrected chi connectivity index (χ1v) is 6.86. The zero-order valence-electron chi connectivity index (χ0n) is 11.7. The number of hydrogen-bond donors (Lipinski definition) is 2. The molecule has 1 aromatic carbocycles. The summed E-state index contributed by atoms with van der Waals surface area (Å²) in [4.78, 5) is 13.9. The SMILES string of the molecule is CCCC(C(=O)NN)N(C)C(C)c1cccc(Cl)c1. The van der Waals surface area contributed by atoms with Crippen molar-refractivity contribution in [3.05, 3.63) is 34.9 Å². The van der Waals surface area contributed by atoms with Gasteiger partial charge in [0, 0.05) is 11.1 Å². The third-order valence-corrected chi connectivity index (χ3v) is 3.68. The number of benzene rings is 1. The lowest BCUT2D eigenvalue weighted by Gasteiger charge is -2.32. The summed E-state index contributed by atoms with van der Waals surface area (Å²) >= 11 is 6.01. The van der Waals surface area contributed by atoms with E-state index in [2.05, 4.69) is 19.3 Å². The first kappa shape index (κ1) is 16.0. The second kappa shape index (κ2) is 7.48. The number of nitrogens with two attached hydrogens (primary N) is 1. The lowest BCUT2D eigenvalue weighted by atomic mass is 10.0. The summed E-state index contributed by atoms with van der Waals surface area (Å²) in [6, 6.07) is 7.55. The van der Waals surface area contributed by atoms with E-state index >= 15 is 0 Å². The number of halogens is 1. The molecule has 5 heteroatoms. The van der Waals surface area contributed by atoms with E-state index in [1.54, 1.807) is 0 Å². The minimum Gasteiger partial charge on any atom is -0.293 e. The topological polar surface area (TPSA) is 58.4 Å². The maximum Gasteiger partial charge on any atom is 0.251 e. The van der Waals surface area contributed by atoms with E-state index in [9.17, 15) is 4.79 Å². The minimum absolute atomic E-state index is 0.0903. The van der Waals surface area contributed by atoms with Crippen LogP contribution in [0, 0.1) is 0 Å². The Morgan fingerprint density at radius 3 is 2.74 bits per heavy atom. The van der Waals surface area contributed by atoms with Gasteiger partial charge in [-0.1, -0.05) is 37.1 Å². The van der Waals surface area contributed by atoms with E-state index < -0.39 is 0 Å². The minimum atomic E-state index is -0.232. The van der Waals surface area contributed by atoms with Gasteiger partial charge < -0.3 is 0 Å². The van der Waals surface area contributed by atoms with Gasteiger partial charge in [-0.2, -0.15) is 0 Å². The Morgan fingerprint density at radius 2 is 2.21 bits per heavy atom. The van der Waals surface area contributed by atoms with E-state index in [-0.39, 0.29) is 18.0 Å². The first-order chi connectivity index (χ1) is 9.01.